The summed E-state index contributed by atoms with van der Waals surface area (Å²) in [5, 5.41) is 3.05. The van der Waals surface area contributed by atoms with Crippen LogP contribution in [0.25, 0.3) is 0 Å². The lowest BCUT2D eigenvalue weighted by Gasteiger charge is -2.32. The molecule has 2 unspecified atom stereocenters. The van der Waals surface area contributed by atoms with Gasteiger partial charge in [-0.3, -0.25) is 4.90 Å². The first kappa shape index (κ1) is 18.2. The van der Waals surface area contributed by atoms with Gasteiger partial charge in [0, 0.05) is 43.5 Å². The van der Waals surface area contributed by atoms with Gasteiger partial charge in [-0.15, -0.1) is 0 Å². The zero-order valence-electron chi connectivity index (χ0n) is 15.7. The van der Waals surface area contributed by atoms with Gasteiger partial charge in [0.2, 0.25) is 0 Å². The van der Waals surface area contributed by atoms with E-state index in [1.54, 1.807) is 0 Å². The lowest BCUT2D eigenvalue weighted by Crippen LogP contribution is -2.45. The molecule has 2 heterocycles. The van der Waals surface area contributed by atoms with Crippen LogP contribution in [0.1, 0.15) is 45.6 Å². The third-order valence-corrected chi connectivity index (χ3v) is 5.40. The molecule has 0 aliphatic carbocycles. The Hall–Kier alpha value is -1.59. The van der Waals surface area contributed by atoms with Crippen molar-refractivity contribution < 1.29 is 9.53 Å². The predicted octanol–water partition coefficient (Wildman–Crippen LogP) is 3.70. The number of hydrogen-bond acceptors (Lipinski definition) is 3. The molecule has 5 heteroatoms. The molecule has 0 radical (unpaired) electrons. The van der Waals surface area contributed by atoms with Crippen molar-refractivity contribution >= 4 is 11.7 Å². The zero-order chi connectivity index (χ0) is 17.8. The molecule has 2 aliphatic heterocycles. The number of urea groups is 1. The quantitative estimate of drug-likeness (QED) is 0.885. The van der Waals surface area contributed by atoms with E-state index < -0.39 is 0 Å². The van der Waals surface area contributed by atoms with Crippen molar-refractivity contribution in [3.8, 4) is 0 Å². The Kier molecular flexibility index (Phi) is 5.97. The van der Waals surface area contributed by atoms with E-state index in [0.29, 0.717) is 31.3 Å². The fourth-order valence-electron chi connectivity index (χ4n) is 4.25. The molecule has 0 aromatic heterocycles. The van der Waals surface area contributed by atoms with Gasteiger partial charge in [-0.05, 0) is 57.7 Å². The first-order chi connectivity index (χ1) is 12.1. The Bertz CT molecular complexity index is 573. The number of nitrogens with one attached hydrogen (secondary N) is 1. The van der Waals surface area contributed by atoms with Crippen molar-refractivity contribution in [2.45, 2.75) is 64.8 Å². The Morgan fingerprint density at radius 1 is 1.20 bits per heavy atom. The second kappa shape index (κ2) is 8.19. The molecule has 2 amide bonds. The summed E-state index contributed by atoms with van der Waals surface area (Å²) < 4.78 is 5.41. The minimum Gasteiger partial charge on any atom is -0.377 e. The van der Waals surface area contributed by atoms with Gasteiger partial charge >= 0.3 is 6.03 Å². The van der Waals surface area contributed by atoms with Gasteiger partial charge in [0.25, 0.3) is 0 Å². The summed E-state index contributed by atoms with van der Waals surface area (Å²) in [4.78, 5) is 17.3. The monoisotopic (exact) mass is 345 g/mol. The Balaban J connectivity index is 1.58. The molecule has 25 heavy (non-hydrogen) atoms. The van der Waals surface area contributed by atoms with Crippen molar-refractivity contribution in [2.24, 2.45) is 0 Å². The van der Waals surface area contributed by atoms with Crippen LogP contribution in [-0.4, -0.2) is 53.7 Å². The number of ether oxygens (including phenoxy) is 1. The van der Waals surface area contributed by atoms with Gasteiger partial charge in [0.1, 0.15) is 0 Å². The van der Waals surface area contributed by atoms with Crippen LogP contribution in [0.5, 0.6) is 0 Å². The molecule has 0 saturated carbocycles. The fraction of sp³-hybridized carbons (Fsp3) is 0.650. The van der Waals surface area contributed by atoms with Gasteiger partial charge in [0.05, 0.1) is 6.61 Å². The molecule has 0 spiro atoms. The molecule has 1 aromatic rings. The lowest BCUT2D eigenvalue weighted by molar-refractivity contribution is 0.134. The smallest absolute Gasteiger partial charge is 0.321 e. The molecule has 2 atom stereocenters. The van der Waals surface area contributed by atoms with Crippen molar-refractivity contribution in [1.82, 2.24) is 9.80 Å². The van der Waals surface area contributed by atoms with Crippen molar-refractivity contribution in [3.63, 3.8) is 0 Å². The highest BCUT2D eigenvalue weighted by Crippen LogP contribution is 2.32. The molecule has 5 nitrogen and oxygen atoms in total. The Morgan fingerprint density at radius 2 is 1.92 bits per heavy atom. The van der Waals surface area contributed by atoms with Crippen LogP contribution in [0.3, 0.4) is 0 Å². The highest BCUT2D eigenvalue weighted by atomic mass is 16.5. The largest absolute Gasteiger partial charge is 0.377 e. The van der Waals surface area contributed by atoms with Crippen molar-refractivity contribution in [2.75, 3.05) is 25.0 Å². The molecule has 2 aliphatic rings. The molecule has 1 N–H and O–H groups in total. The van der Waals surface area contributed by atoms with Crippen LogP contribution in [0.15, 0.2) is 24.3 Å². The first-order valence-corrected chi connectivity index (χ1v) is 9.58. The second-order valence-electron chi connectivity index (χ2n) is 7.42. The summed E-state index contributed by atoms with van der Waals surface area (Å²) in [5.74, 6) is 0. The molecule has 2 fully saturated rings. The van der Waals surface area contributed by atoms with E-state index in [1.807, 2.05) is 36.1 Å². The maximum Gasteiger partial charge on any atom is 0.321 e. The van der Waals surface area contributed by atoms with Gasteiger partial charge in [0.15, 0.2) is 0 Å². The van der Waals surface area contributed by atoms with E-state index in [0.717, 1.165) is 30.8 Å². The number of nitrogens with zero attached hydrogens (tertiary/aromatic N) is 2. The number of rotatable bonds is 5. The predicted molar refractivity (Wildman–Crippen MR) is 101 cm³/mol. The van der Waals surface area contributed by atoms with E-state index in [-0.39, 0.29) is 6.03 Å². The molecule has 3 rings (SSSR count). The first-order valence-electron chi connectivity index (χ1n) is 9.58. The topological polar surface area (TPSA) is 44.8 Å². The molecule has 1 aromatic carbocycles. The van der Waals surface area contributed by atoms with E-state index >= 15 is 0 Å². The van der Waals surface area contributed by atoms with Crippen LogP contribution in [0.4, 0.5) is 10.5 Å². The van der Waals surface area contributed by atoms with E-state index in [1.165, 1.54) is 12.8 Å². The number of amides is 2. The number of carbonyl (C=O) groups is 1. The number of benzene rings is 1. The summed E-state index contributed by atoms with van der Waals surface area (Å²) in [6.07, 6.45) is 3.56. The highest BCUT2D eigenvalue weighted by Gasteiger charge is 2.39. The fourth-order valence-corrected chi connectivity index (χ4v) is 4.25. The van der Waals surface area contributed by atoms with Crippen LogP contribution >= 0.6 is 0 Å². The molecular formula is C20H31N3O2. The summed E-state index contributed by atoms with van der Waals surface area (Å²) in [6, 6.07) is 9.65. The van der Waals surface area contributed by atoms with E-state index in [9.17, 15) is 4.79 Å². The highest BCUT2D eigenvalue weighted by molar-refractivity contribution is 5.89. The number of likely N-dealkylation sites (tertiary alicyclic amines) is 1. The average Bonchev–Trinajstić information content (AvgIpc) is 2.88. The number of hydrogen-bond donors (Lipinski definition) is 1. The zero-order valence-corrected chi connectivity index (χ0v) is 15.7. The normalized spacial score (nSPS) is 23.8. The van der Waals surface area contributed by atoms with Crippen molar-refractivity contribution in [3.05, 3.63) is 29.8 Å². The Labute approximate surface area is 151 Å². The molecular weight excluding hydrogens is 314 g/mol. The SMILES string of the molecule is CCOCc1ccc(NC(=O)N2CCC3CCC(C2)N3C(C)C)cc1. The van der Waals surface area contributed by atoms with Gasteiger partial charge in [-0.1, -0.05) is 12.1 Å². The molecule has 2 bridgehead atoms. The van der Waals surface area contributed by atoms with Gasteiger partial charge < -0.3 is 15.0 Å². The van der Waals surface area contributed by atoms with Gasteiger partial charge in [-0.25, -0.2) is 4.79 Å². The average molecular weight is 345 g/mol. The molecule has 2 saturated heterocycles. The third-order valence-electron chi connectivity index (χ3n) is 5.40. The van der Waals surface area contributed by atoms with Gasteiger partial charge in [-0.2, -0.15) is 0 Å². The summed E-state index contributed by atoms with van der Waals surface area (Å²) in [7, 11) is 0. The maximum atomic E-state index is 12.7. The Morgan fingerprint density at radius 3 is 2.60 bits per heavy atom. The van der Waals surface area contributed by atoms with Crippen LogP contribution < -0.4 is 5.32 Å². The summed E-state index contributed by atoms with van der Waals surface area (Å²) >= 11 is 0. The van der Waals surface area contributed by atoms with Crippen LogP contribution in [-0.2, 0) is 11.3 Å². The minimum atomic E-state index is 0.0221. The van der Waals surface area contributed by atoms with Crippen LogP contribution in [0.2, 0.25) is 0 Å². The number of carbonyl (C=O) groups excluding carboxylic acids is 1. The second-order valence-corrected chi connectivity index (χ2v) is 7.42. The lowest BCUT2D eigenvalue weighted by atomic mass is 10.1. The number of anilines is 1. The maximum absolute atomic E-state index is 12.7. The number of fused-ring (bicyclic) bond motifs is 2. The van der Waals surface area contributed by atoms with Crippen LogP contribution in [0, 0.1) is 0 Å². The molecule has 138 valence electrons. The summed E-state index contributed by atoms with van der Waals surface area (Å²) in [5.41, 5.74) is 1.97. The minimum absolute atomic E-state index is 0.0221. The third kappa shape index (κ3) is 4.33. The van der Waals surface area contributed by atoms with Crippen molar-refractivity contribution in [1.29, 1.82) is 0 Å². The standard InChI is InChI=1S/C20H31N3O2/c1-4-25-14-16-5-7-17(8-6-16)21-20(24)22-12-11-18-9-10-19(13-22)23(18)15(2)3/h5-8,15,18-19H,4,9-14H2,1-3H3,(H,21,24). The van der Waals surface area contributed by atoms with E-state index in [4.69, 9.17) is 4.74 Å². The van der Waals surface area contributed by atoms with E-state index in [2.05, 4.69) is 24.1 Å². The summed E-state index contributed by atoms with van der Waals surface area (Å²) in [6.45, 7) is 9.54.